The number of esters is 1. The fourth-order valence-corrected chi connectivity index (χ4v) is 0.462. The average Bonchev–Trinajstić information content (AvgIpc) is 1.82. The number of hydrogen-bond acceptors (Lipinski definition) is 3. The molecule has 4 heteroatoms. The van der Waals surface area contributed by atoms with Crippen LogP contribution in [0.1, 0.15) is 20.3 Å². The van der Waals surface area contributed by atoms with Crippen molar-refractivity contribution >= 4 is 11.8 Å². The summed E-state index contributed by atoms with van der Waals surface area (Å²) < 4.78 is 16.4. The molecule has 0 radical (unpaired) electrons. The van der Waals surface area contributed by atoms with Crippen LogP contribution in [0.4, 0.5) is 4.39 Å². The number of ether oxygens (including phenoxy) is 1. The van der Waals surface area contributed by atoms with E-state index in [2.05, 4.69) is 4.74 Å². The van der Waals surface area contributed by atoms with Crippen LogP contribution in [0.3, 0.4) is 0 Å². The summed E-state index contributed by atoms with van der Waals surface area (Å²) in [4.78, 5) is 20.9. The Morgan fingerprint density at radius 1 is 1.55 bits per heavy atom. The Labute approximate surface area is 64.5 Å². The molecule has 0 aliphatic rings. The number of carbonyl (C=O) groups is 2. The second kappa shape index (κ2) is 4.82. The number of halogens is 1. The number of rotatable bonds is 4. The smallest absolute Gasteiger partial charge is 0.313 e. The van der Waals surface area contributed by atoms with E-state index in [-0.39, 0.29) is 18.8 Å². The molecule has 0 saturated heterocycles. The van der Waals surface area contributed by atoms with E-state index in [0.717, 1.165) is 0 Å². The molecule has 1 atom stereocenters. The summed E-state index contributed by atoms with van der Waals surface area (Å²) in [5, 5.41) is 0. The van der Waals surface area contributed by atoms with Gasteiger partial charge in [0.2, 0.25) is 0 Å². The molecule has 0 N–H and O–H groups in total. The van der Waals surface area contributed by atoms with Gasteiger partial charge in [-0.2, -0.15) is 0 Å². The lowest BCUT2D eigenvalue weighted by Gasteiger charge is -2.02. The van der Waals surface area contributed by atoms with Crippen molar-refractivity contribution in [3.05, 3.63) is 0 Å². The predicted molar refractivity (Wildman–Crippen MR) is 36.8 cm³/mol. The number of carbonyl (C=O) groups excluding carboxylic acids is 2. The highest BCUT2D eigenvalue weighted by atomic mass is 19.1. The molecule has 0 fully saturated rings. The summed E-state index contributed by atoms with van der Waals surface area (Å²) in [7, 11) is 0. The molecule has 0 aliphatic heterocycles. The number of alkyl halides is 1. The zero-order valence-corrected chi connectivity index (χ0v) is 6.59. The van der Waals surface area contributed by atoms with Crippen molar-refractivity contribution in [2.24, 2.45) is 0 Å². The molecule has 0 saturated carbocycles. The van der Waals surface area contributed by atoms with E-state index in [4.69, 9.17) is 0 Å². The molecule has 0 aromatic rings. The summed E-state index contributed by atoms with van der Waals surface area (Å²) in [6.07, 6.45) is -1.45. The highest BCUT2D eigenvalue weighted by Gasteiger charge is 2.07. The molecule has 0 aliphatic carbocycles. The highest BCUT2D eigenvalue weighted by molar-refractivity contribution is 5.94. The molecule has 0 heterocycles. The van der Waals surface area contributed by atoms with Gasteiger partial charge in [-0.05, 0) is 13.8 Å². The Balaban J connectivity index is 3.46. The van der Waals surface area contributed by atoms with Crippen LogP contribution in [0.2, 0.25) is 0 Å². The minimum Gasteiger partial charge on any atom is -0.462 e. The van der Waals surface area contributed by atoms with E-state index in [1.54, 1.807) is 0 Å². The Morgan fingerprint density at radius 3 is 2.45 bits per heavy atom. The third-order valence-corrected chi connectivity index (χ3v) is 0.867. The third-order valence-electron chi connectivity index (χ3n) is 0.867. The maximum absolute atomic E-state index is 12.0. The van der Waals surface area contributed by atoms with E-state index in [9.17, 15) is 14.0 Å². The van der Waals surface area contributed by atoms with Crippen molar-refractivity contribution in [2.75, 3.05) is 6.61 Å². The van der Waals surface area contributed by atoms with Crippen LogP contribution in [-0.2, 0) is 14.3 Å². The van der Waals surface area contributed by atoms with E-state index in [1.807, 2.05) is 0 Å². The van der Waals surface area contributed by atoms with Crippen LogP contribution >= 0.6 is 0 Å². The molecule has 0 spiro atoms. The maximum atomic E-state index is 12.0. The monoisotopic (exact) mass is 162 g/mol. The fraction of sp³-hybridized carbons (Fsp3) is 0.714. The van der Waals surface area contributed by atoms with E-state index in [1.165, 1.54) is 13.8 Å². The first-order chi connectivity index (χ1) is 5.02. The third kappa shape index (κ3) is 6.96. The zero-order valence-electron chi connectivity index (χ0n) is 6.59. The maximum Gasteiger partial charge on any atom is 0.313 e. The Hall–Kier alpha value is -0.930. The van der Waals surface area contributed by atoms with Crippen LogP contribution in [0.15, 0.2) is 0 Å². The lowest BCUT2D eigenvalue weighted by molar-refractivity contribution is -0.147. The van der Waals surface area contributed by atoms with Crippen molar-refractivity contribution in [1.82, 2.24) is 0 Å². The quantitative estimate of drug-likeness (QED) is 0.455. The van der Waals surface area contributed by atoms with Gasteiger partial charge in [-0.1, -0.05) is 0 Å². The van der Waals surface area contributed by atoms with Gasteiger partial charge in [0.15, 0.2) is 0 Å². The van der Waals surface area contributed by atoms with Gasteiger partial charge in [0.25, 0.3) is 0 Å². The summed E-state index contributed by atoms with van der Waals surface area (Å²) in [6, 6.07) is 0. The first-order valence-electron chi connectivity index (χ1n) is 3.31. The summed E-state index contributed by atoms with van der Waals surface area (Å²) in [5.74, 6) is -0.941. The molecule has 1 unspecified atom stereocenters. The molecule has 64 valence electrons. The normalized spacial score (nSPS) is 12.3. The van der Waals surface area contributed by atoms with Crippen LogP contribution in [0.5, 0.6) is 0 Å². The SMILES string of the molecule is CC(=O)CC(=O)OCC(C)F. The molecule has 11 heavy (non-hydrogen) atoms. The number of Topliss-reactive ketones (excluding diaryl/α,β-unsaturated/α-hetero) is 1. The summed E-state index contributed by atoms with van der Waals surface area (Å²) in [6.45, 7) is 2.29. The van der Waals surface area contributed by atoms with Gasteiger partial charge >= 0.3 is 5.97 Å². The van der Waals surface area contributed by atoms with Crippen molar-refractivity contribution in [3.8, 4) is 0 Å². The van der Waals surface area contributed by atoms with Crippen molar-refractivity contribution in [3.63, 3.8) is 0 Å². The molecule has 0 aromatic heterocycles. The van der Waals surface area contributed by atoms with Gasteiger partial charge < -0.3 is 4.74 Å². The highest BCUT2D eigenvalue weighted by Crippen LogP contribution is 1.93. The number of ketones is 1. The molecule has 0 rings (SSSR count). The van der Waals surface area contributed by atoms with E-state index in [0.29, 0.717) is 0 Å². The van der Waals surface area contributed by atoms with Crippen LogP contribution in [-0.4, -0.2) is 24.5 Å². The minimum absolute atomic E-state index is 0.271. The lowest BCUT2D eigenvalue weighted by Crippen LogP contribution is -2.14. The van der Waals surface area contributed by atoms with E-state index < -0.39 is 12.1 Å². The summed E-state index contributed by atoms with van der Waals surface area (Å²) in [5.41, 5.74) is 0. The molecule has 0 aromatic carbocycles. The van der Waals surface area contributed by atoms with Gasteiger partial charge in [-0.15, -0.1) is 0 Å². The molecule has 0 bridgehead atoms. The van der Waals surface area contributed by atoms with Crippen molar-refractivity contribution in [1.29, 1.82) is 0 Å². The topological polar surface area (TPSA) is 43.4 Å². The molecular formula is C7H11FO3. The van der Waals surface area contributed by atoms with Gasteiger partial charge in [0, 0.05) is 0 Å². The standard InChI is InChI=1S/C7H11FO3/c1-5(8)4-11-7(10)3-6(2)9/h5H,3-4H2,1-2H3. The molecule has 3 nitrogen and oxygen atoms in total. The Bertz CT molecular complexity index is 154. The van der Waals surface area contributed by atoms with Crippen LogP contribution in [0.25, 0.3) is 0 Å². The Kier molecular flexibility index (Phi) is 4.41. The van der Waals surface area contributed by atoms with Crippen LogP contribution in [0, 0.1) is 0 Å². The minimum atomic E-state index is -1.18. The largest absolute Gasteiger partial charge is 0.462 e. The van der Waals surface area contributed by atoms with Gasteiger partial charge in [0.1, 0.15) is 25.0 Å². The van der Waals surface area contributed by atoms with Gasteiger partial charge in [-0.3, -0.25) is 9.59 Å². The Morgan fingerprint density at radius 2 is 2.09 bits per heavy atom. The van der Waals surface area contributed by atoms with E-state index >= 15 is 0 Å². The molecular weight excluding hydrogens is 151 g/mol. The first kappa shape index (κ1) is 10.1. The second-order valence-corrected chi connectivity index (χ2v) is 2.34. The van der Waals surface area contributed by atoms with Crippen LogP contribution < -0.4 is 0 Å². The van der Waals surface area contributed by atoms with Gasteiger partial charge in [-0.25, -0.2) is 4.39 Å². The first-order valence-corrected chi connectivity index (χ1v) is 3.31. The number of hydrogen-bond donors (Lipinski definition) is 0. The zero-order chi connectivity index (χ0) is 8.85. The lowest BCUT2D eigenvalue weighted by atomic mass is 10.3. The van der Waals surface area contributed by atoms with Gasteiger partial charge in [0.05, 0.1) is 0 Å². The average molecular weight is 162 g/mol. The van der Waals surface area contributed by atoms with Crippen molar-refractivity contribution in [2.45, 2.75) is 26.4 Å². The predicted octanol–water partition coefficient (Wildman–Crippen LogP) is 0.867. The second-order valence-electron chi connectivity index (χ2n) is 2.34. The molecule has 0 amide bonds. The van der Waals surface area contributed by atoms with Crippen molar-refractivity contribution < 1.29 is 18.7 Å². The fourth-order valence-electron chi connectivity index (χ4n) is 0.462. The summed E-state index contributed by atoms with van der Waals surface area (Å²) >= 11 is 0.